The highest BCUT2D eigenvalue weighted by Crippen LogP contribution is 2.18. The van der Waals surface area contributed by atoms with Gasteiger partial charge in [0.2, 0.25) is 11.8 Å². The molecule has 0 saturated heterocycles. The van der Waals surface area contributed by atoms with Crippen molar-refractivity contribution in [1.29, 1.82) is 0 Å². The average molecular weight is 278 g/mol. The van der Waals surface area contributed by atoms with E-state index in [2.05, 4.69) is 5.32 Å². The molecule has 110 valence electrons. The minimum absolute atomic E-state index is 0.0718. The first-order valence-corrected chi connectivity index (χ1v) is 6.62. The van der Waals surface area contributed by atoms with Gasteiger partial charge in [0, 0.05) is 20.5 Å². The van der Waals surface area contributed by atoms with Crippen LogP contribution in [0.1, 0.15) is 30.5 Å². The maximum Gasteiger partial charge on any atom is 0.224 e. The number of hydrogen-bond donors (Lipinski definition) is 2. The Labute approximate surface area is 119 Å². The molecule has 0 aromatic heterocycles. The Morgan fingerprint density at radius 3 is 2.40 bits per heavy atom. The molecule has 0 bridgehead atoms. The molecule has 0 aliphatic carbocycles. The lowest BCUT2D eigenvalue weighted by Gasteiger charge is -2.22. The standard InChI is InChI=1S/C15H22N2O3/c1-11-4-6-13(7-5-11)14(16-12(2)19)10-15(20)17(3)8-9-18/h4-7,14,18H,8-10H2,1-3H3,(H,16,19). The van der Waals surface area contributed by atoms with Crippen molar-refractivity contribution in [3.05, 3.63) is 35.4 Å². The smallest absolute Gasteiger partial charge is 0.224 e. The number of rotatable bonds is 6. The van der Waals surface area contributed by atoms with Crippen molar-refractivity contribution in [3.63, 3.8) is 0 Å². The van der Waals surface area contributed by atoms with Gasteiger partial charge in [-0.05, 0) is 12.5 Å². The van der Waals surface area contributed by atoms with Gasteiger partial charge >= 0.3 is 0 Å². The molecule has 1 rings (SSSR count). The fourth-order valence-corrected chi connectivity index (χ4v) is 1.90. The molecular formula is C15H22N2O3. The highest BCUT2D eigenvalue weighted by molar-refractivity contribution is 5.79. The van der Waals surface area contributed by atoms with E-state index in [-0.39, 0.29) is 30.9 Å². The number of likely N-dealkylation sites (N-methyl/N-ethyl adjacent to an activating group) is 1. The third-order valence-electron chi connectivity index (χ3n) is 3.10. The number of aryl methyl sites for hydroxylation is 1. The fourth-order valence-electron chi connectivity index (χ4n) is 1.90. The van der Waals surface area contributed by atoms with E-state index in [4.69, 9.17) is 5.11 Å². The highest BCUT2D eigenvalue weighted by atomic mass is 16.3. The summed E-state index contributed by atoms with van der Waals surface area (Å²) in [7, 11) is 1.64. The van der Waals surface area contributed by atoms with Crippen LogP contribution in [0, 0.1) is 6.92 Å². The number of benzene rings is 1. The van der Waals surface area contributed by atoms with Gasteiger partial charge in [0.25, 0.3) is 0 Å². The molecule has 0 heterocycles. The minimum Gasteiger partial charge on any atom is -0.395 e. The molecule has 5 nitrogen and oxygen atoms in total. The SMILES string of the molecule is CC(=O)NC(CC(=O)N(C)CCO)c1ccc(C)cc1. The zero-order valence-electron chi connectivity index (χ0n) is 12.2. The summed E-state index contributed by atoms with van der Waals surface area (Å²) >= 11 is 0. The van der Waals surface area contributed by atoms with Crippen LogP contribution in [0.25, 0.3) is 0 Å². The highest BCUT2D eigenvalue weighted by Gasteiger charge is 2.19. The summed E-state index contributed by atoms with van der Waals surface area (Å²) in [5, 5.41) is 11.6. The third kappa shape index (κ3) is 5.01. The molecule has 5 heteroatoms. The van der Waals surface area contributed by atoms with E-state index in [1.54, 1.807) is 7.05 Å². The summed E-state index contributed by atoms with van der Waals surface area (Å²) in [4.78, 5) is 24.8. The number of aliphatic hydroxyl groups excluding tert-OH is 1. The number of nitrogens with one attached hydrogen (secondary N) is 1. The quantitative estimate of drug-likeness (QED) is 0.816. The molecule has 0 aliphatic rings. The van der Waals surface area contributed by atoms with Crippen LogP contribution in [0.5, 0.6) is 0 Å². The van der Waals surface area contributed by atoms with Gasteiger partial charge in [0.15, 0.2) is 0 Å². The van der Waals surface area contributed by atoms with Gasteiger partial charge in [0.05, 0.1) is 19.1 Å². The van der Waals surface area contributed by atoms with Crippen molar-refractivity contribution in [1.82, 2.24) is 10.2 Å². The van der Waals surface area contributed by atoms with Crippen molar-refractivity contribution in [2.75, 3.05) is 20.2 Å². The van der Waals surface area contributed by atoms with Crippen LogP contribution >= 0.6 is 0 Å². The van der Waals surface area contributed by atoms with Gasteiger partial charge in [-0.2, -0.15) is 0 Å². The Balaban J connectivity index is 2.81. The Morgan fingerprint density at radius 1 is 1.30 bits per heavy atom. The molecular weight excluding hydrogens is 256 g/mol. The van der Waals surface area contributed by atoms with Crippen molar-refractivity contribution < 1.29 is 14.7 Å². The molecule has 0 spiro atoms. The molecule has 1 atom stereocenters. The van der Waals surface area contributed by atoms with Crippen LogP contribution in [0.2, 0.25) is 0 Å². The van der Waals surface area contributed by atoms with Gasteiger partial charge in [0.1, 0.15) is 0 Å². The number of carbonyl (C=O) groups is 2. The lowest BCUT2D eigenvalue weighted by Crippen LogP contribution is -2.35. The lowest BCUT2D eigenvalue weighted by atomic mass is 10.0. The third-order valence-corrected chi connectivity index (χ3v) is 3.10. The molecule has 1 aromatic carbocycles. The Hall–Kier alpha value is -1.88. The van der Waals surface area contributed by atoms with Crippen LogP contribution in [0.3, 0.4) is 0 Å². The van der Waals surface area contributed by atoms with E-state index in [1.165, 1.54) is 11.8 Å². The van der Waals surface area contributed by atoms with Crippen molar-refractivity contribution in [2.45, 2.75) is 26.3 Å². The second kappa shape index (κ2) is 7.65. The van der Waals surface area contributed by atoms with Crippen molar-refractivity contribution >= 4 is 11.8 Å². The first kappa shape index (κ1) is 16.2. The van der Waals surface area contributed by atoms with Gasteiger partial charge in [-0.15, -0.1) is 0 Å². The maximum absolute atomic E-state index is 12.0. The van der Waals surface area contributed by atoms with E-state index in [0.29, 0.717) is 6.54 Å². The number of aliphatic hydroxyl groups is 1. The number of hydrogen-bond acceptors (Lipinski definition) is 3. The Bertz CT molecular complexity index is 457. The molecule has 0 saturated carbocycles. The van der Waals surface area contributed by atoms with E-state index < -0.39 is 0 Å². The summed E-state index contributed by atoms with van der Waals surface area (Å²) in [5.74, 6) is -0.286. The summed E-state index contributed by atoms with van der Waals surface area (Å²) in [6, 6.07) is 7.38. The van der Waals surface area contributed by atoms with Gasteiger partial charge in [-0.3, -0.25) is 9.59 Å². The van der Waals surface area contributed by atoms with E-state index in [9.17, 15) is 9.59 Å². The van der Waals surface area contributed by atoms with E-state index in [1.807, 2.05) is 31.2 Å². The van der Waals surface area contributed by atoms with Gasteiger partial charge in [-0.25, -0.2) is 0 Å². The predicted molar refractivity (Wildman–Crippen MR) is 77.1 cm³/mol. The zero-order chi connectivity index (χ0) is 15.1. The molecule has 0 fully saturated rings. The Kier molecular flexibility index (Phi) is 6.18. The zero-order valence-corrected chi connectivity index (χ0v) is 12.2. The number of nitrogens with zero attached hydrogens (tertiary/aromatic N) is 1. The number of amides is 2. The van der Waals surface area contributed by atoms with E-state index >= 15 is 0 Å². The largest absolute Gasteiger partial charge is 0.395 e. The maximum atomic E-state index is 12.0. The van der Waals surface area contributed by atoms with Crippen LogP contribution in [-0.4, -0.2) is 42.0 Å². The van der Waals surface area contributed by atoms with Crippen LogP contribution < -0.4 is 5.32 Å². The van der Waals surface area contributed by atoms with Crippen LogP contribution in [-0.2, 0) is 9.59 Å². The molecule has 0 radical (unpaired) electrons. The first-order valence-electron chi connectivity index (χ1n) is 6.62. The summed E-state index contributed by atoms with van der Waals surface area (Å²) in [6.07, 6.45) is 0.180. The minimum atomic E-state index is -0.346. The summed E-state index contributed by atoms with van der Waals surface area (Å²) in [5.41, 5.74) is 2.02. The normalized spacial score (nSPS) is 11.8. The molecule has 20 heavy (non-hydrogen) atoms. The number of carbonyl (C=O) groups excluding carboxylic acids is 2. The van der Waals surface area contributed by atoms with Gasteiger partial charge < -0.3 is 15.3 Å². The van der Waals surface area contributed by atoms with Crippen molar-refractivity contribution in [2.24, 2.45) is 0 Å². The summed E-state index contributed by atoms with van der Waals surface area (Å²) < 4.78 is 0. The van der Waals surface area contributed by atoms with Crippen LogP contribution in [0.4, 0.5) is 0 Å². The second-order valence-electron chi connectivity index (χ2n) is 4.91. The first-order chi connectivity index (χ1) is 9.43. The van der Waals surface area contributed by atoms with Crippen molar-refractivity contribution in [3.8, 4) is 0 Å². The monoisotopic (exact) mass is 278 g/mol. The fraction of sp³-hybridized carbons (Fsp3) is 0.467. The second-order valence-corrected chi connectivity index (χ2v) is 4.91. The topological polar surface area (TPSA) is 69.6 Å². The molecule has 2 amide bonds. The lowest BCUT2D eigenvalue weighted by molar-refractivity contribution is -0.131. The van der Waals surface area contributed by atoms with E-state index in [0.717, 1.165) is 11.1 Å². The molecule has 2 N–H and O–H groups in total. The molecule has 0 aliphatic heterocycles. The van der Waals surface area contributed by atoms with Crippen LogP contribution in [0.15, 0.2) is 24.3 Å². The van der Waals surface area contributed by atoms with Gasteiger partial charge in [-0.1, -0.05) is 29.8 Å². The summed E-state index contributed by atoms with van der Waals surface area (Å²) in [6.45, 7) is 3.64. The molecule has 1 aromatic rings. The Morgan fingerprint density at radius 2 is 1.90 bits per heavy atom. The average Bonchev–Trinajstić information content (AvgIpc) is 2.38. The molecule has 1 unspecified atom stereocenters. The predicted octanol–water partition coefficient (Wildman–Crippen LogP) is 1.01.